The average molecular weight is 618 g/mol. The van der Waals surface area contributed by atoms with Crippen molar-refractivity contribution in [3.63, 3.8) is 0 Å². The number of halogens is 1. The zero-order chi connectivity index (χ0) is 28.6. The van der Waals surface area contributed by atoms with Gasteiger partial charge >= 0.3 is 0 Å². The van der Waals surface area contributed by atoms with Crippen molar-refractivity contribution in [3.05, 3.63) is 99.0 Å². The third-order valence-electron chi connectivity index (χ3n) is 5.94. The van der Waals surface area contributed by atoms with E-state index in [1.807, 2.05) is 19.1 Å². The van der Waals surface area contributed by atoms with E-state index in [0.717, 1.165) is 14.3 Å². The monoisotopic (exact) mass is 616 g/mol. The Hall–Kier alpha value is -3.77. The molecular formula is C27H29BrN4O6S. The number of nitro benzene ring substituents is 1. The highest BCUT2D eigenvalue weighted by molar-refractivity contribution is 9.10. The average Bonchev–Trinajstić information content (AvgIpc) is 2.94. The molecule has 2 amide bonds. The molecule has 0 saturated carbocycles. The fourth-order valence-electron chi connectivity index (χ4n) is 3.75. The molecule has 1 unspecified atom stereocenters. The highest BCUT2D eigenvalue weighted by Crippen LogP contribution is 2.26. The van der Waals surface area contributed by atoms with E-state index in [2.05, 4.69) is 21.2 Å². The van der Waals surface area contributed by atoms with Gasteiger partial charge in [0.05, 0.1) is 15.5 Å². The second-order valence-corrected chi connectivity index (χ2v) is 11.5. The van der Waals surface area contributed by atoms with E-state index >= 15 is 0 Å². The second-order valence-electron chi connectivity index (χ2n) is 8.71. The molecule has 0 saturated heterocycles. The Morgan fingerprint density at radius 1 is 1.00 bits per heavy atom. The normalized spacial score (nSPS) is 11.9. The number of nitro groups is 1. The summed E-state index contributed by atoms with van der Waals surface area (Å²) in [5.74, 6) is -0.981. The molecule has 0 aliphatic heterocycles. The van der Waals surface area contributed by atoms with Crippen molar-refractivity contribution in [1.29, 1.82) is 0 Å². The van der Waals surface area contributed by atoms with Crippen LogP contribution in [0.5, 0.6) is 0 Å². The molecule has 3 aromatic rings. The van der Waals surface area contributed by atoms with Gasteiger partial charge in [0, 0.05) is 29.7 Å². The van der Waals surface area contributed by atoms with Crippen LogP contribution < -0.4 is 9.62 Å². The Kier molecular flexibility index (Phi) is 10.2. The molecule has 3 rings (SSSR count). The zero-order valence-electron chi connectivity index (χ0n) is 21.5. The van der Waals surface area contributed by atoms with E-state index in [4.69, 9.17) is 0 Å². The lowest BCUT2D eigenvalue weighted by atomic mass is 10.1. The molecule has 12 heteroatoms. The van der Waals surface area contributed by atoms with Gasteiger partial charge in [-0.2, -0.15) is 0 Å². The maximum atomic E-state index is 13.8. The summed E-state index contributed by atoms with van der Waals surface area (Å²) in [5, 5.41) is 13.9. The van der Waals surface area contributed by atoms with Gasteiger partial charge in [0.1, 0.15) is 12.6 Å². The third-order valence-corrected chi connectivity index (χ3v) is 8.26. The number of non-ortho nitro benzene ring substituents is 1. The minimum Gasteiger partial charge on any atom is -0.354 e. The number of amides is 2. The second kappa shape index (κ2) is 13.3. The fraction of sp³-hybridized carbons (Fsp3) is 0.259. The molecule has 10 nitrogen and oxygen atoms in total. The van der Waals surface area contributed by atoms with Crippen LogP contribution in [0.3, 0.4) is 0 Å². The molecule has 0 bridgehead atoms. The quantitative estimate of drug-likeness (QED) is 0.236. The molecule has 0 aliphatic rings. The van der Waals surface area contributed by atoms with Gasteiger partial charge in [-0.15, -0.1) is 0 Å². The molecule has 0 spiro atoms. The number of hydrogen-bond donors (Lipinski definition) is 1. The molecule has 0 radical (unpaired) electrons. The lowest BCUT2D eigenvalue weighted by molar-refractivity contribution is -0.384. The van der Waals surface area contributed by atoms with Crippen molar-refractivity contribution < 1.29 is 22.9 Å². The van der Waals surface area contributed by atoms with Crippen LogP contribution in [0.1, 0.15) is 25.8 Å². The van der Waals surface area contributed by atoms with Gasteiger partial charge < -0.3 is 10.2 Å². The van der Waals surface area contributed by atoms with E-state index in [1.165, 1.54) is 41.3 Å². The summed E-state index contributed by atoms with van der Waals surface area (Å²) < 4.78 is 29.1. The number of sulfonamides is 1. The summed E-state index contributed by atoms with van der Waals surface area (Å²) in [6.07, 6.45) is 0.711. The number of carbonyl (C=O) groups excluding carboxylic acids is 2. The maximum absolute atomic E-state index is 13.8. The highest BCUT2D eigenvalue weighted by atomic mass is 79.9. The summed E-state index contributed by atoms with van der Waals surface area (Å²) in [7, 11) is -4.25. The molecule has 206 valence electrons. The highest BCUT2D eigenvalue weighted by Gasteiger charge is 2.32. The van der Waals surface area contributed by atoms with Crippen LogP contribution in [0, 0.1) is 10.1 Å². The number of nitrogens with one attached hydrogen (secondary N) is 1. The van der Waals surface area contributed by atoms with Gasteiger partial charge in [0.25, 0.3) is 15.7 Å². The van der Waals surface area contributed by atoms with E-state index in [9.17, 15) is 28.1 Å². The summed E-state index contributed by atoms with van der Waals surface area (Å²) in [6, 6.07) is 18.8. The van der Waals surface area contributed by atoms with Crippen LogP contribution in [-0.2, 0) is 26.2 Å². The molecule has 0 aromatic heterocycles. The van der Waals surface area contributed by atoms with Crippen molar-refractivity contribution in [1.82, 2.24) is 10.2 Å². The number of anilines is 1. The summed E-state index contributed by atoms with van der Waals surface area (Å²) >= 11 is 3.38. The van der Waals surface area contributed by atoms with Crippen molar-refractivity contribution in [3.8, 4) is 0 Å². The molecule has 0 fully saturated rings. The smallest absolute Gasteiger partial charge is 0.269 e. The maximum Gasteiger partial charge on any atom is 0.269 e. The van der Waals surface area contributed by atoms with Crippen LogP contribution in [0.25, 0.3) is 0 Å². The molecule has 0 aliphatic carbocycles. The van der Waals surface area contributed by atoms with E-state index in [1.54, 1.807) is 37.3 Å². The van der Waals surface area contributed by atoms with Gasteiger partial charge in [-0.3, -0.25) is 24.0 Å². The molecule has 3 aromatic carbocycles. The molecular weight excluding hydrogens is 588 g/mol. The number of nitrogens with zero attached hydrogens (tertiary/aromatic N) is 3. The molecule has 1 atom stereocenters. The standard InChI is InChI=1S/C27H29BrN4O6S/c1-3-17-29-27(34)20(2)30(18-21-9-11-22(28)12-10-21)26(33)19-31(23-13-15-24(16-14-23)32(35)36)39(37,38)25-7-5-4-6-8-25/h4-16,20H,3,17-19H2,1-2H3,(H,29,34). The number of hydrogen-bond acceptors (Lipinski definition) is 6. The minimum atomic E-state index is -4.25. The predicted octanol–water partition coefficient (Wildman–Crippen LogP) is 4.50. The summed E-state index contributed by atoms with van der Waals surface area (Å²) in [5.41, 5.74) is 0.596. The first-order valence-electron chi connectivity index (χ1n) is 12.2. The van der Waals surface area contributed by atoms with Gasteiger partial charge in [0.2, 0.25) is 11.8 Å². The number of carbonyl (C=O) groups is 2. The first-order chi connectivity index (χ1) is 18.5. The van der Waals surface area contributed by atoms with E-state index < -0.39 is 33.4 Å². The van der Waals surface area contributed by atoms with Crippen LogP contribution in [0.2, 0.25) is 0 Å². The fourth-order valence-corrected chi connectivity index (χ4v) is 5.45. The van der Waals surface area contributed by atoms with Gasteiger partial charge in [-0.1, -0.05) is 53.2 Å². The Labute approximate surface area is 236 Å². The van der Waals surface area contributed by atoms with Crippen LogP contribution >= 0.6 is 15.9 Å². The minimum absolute atomic E-state index is 0.0515. The largest absolute Gasteiger partial charge is 0.354 e. The first-order valence-corrected chi connectivity index (χ1v) is 14.4. The topological polar surface area (TPSA) is 130 Å². The Morgan fingerprint density at radius 3 is 2.18 bits per heavy atom. The Balaban J connectivity index is 2.02. The van der Waals surface area contributed by atoms with Crippen LogP contribution in [0.4, 0.5) is 11.4 Å². The van der Waals surface area contributed by atoms with Crippen LogP contribution in [-0.4, -0.2) is 49.2 Å². The summed E-state index contributed by atoms with van der Waals surface area (Å²) in [6.45, 7) is 3.36. The Bertz CT molecular complexity index is 1400. The predicted molar refractivity (Wildman–Crippen MR) is 152 cm³/mol. The van der Waals surface area contributed by atoms with Crippen LogP contribution in [0.15, 0.2) is 88.2 Å². The lowest BCUT2D eigenvalue weighted by Crippen LogP contribution is -2.51. The first kappa shape index (κ1) is 29.8. The van der Waals surface area contributed by atoms with Crippen molar-refractivity contribution in [2.24, 2.45) is 0 Å². The third kappa shape index (κ3) is 7.64. The van der Waals surface area contributed by atoms with Gasteiger partial charge in [0.15, 0.2) is 0 Å². The summed E-state index contributed by atoms with van der Waals surface area (Å²) in [4.78, 5) is 38.5. The molecule has 0 heterocycles. The Morgan fingerprint density at radius 2 is 1.62 bits per heavy atom. The zero-order valence-corrected chi connectivity index (χ0v) is 23.9. The van der Waals surface area contributed by atoms with Crippen molar-refractivity contribution in [2.75, 3.05) is 17.4 Å². The lowest BCUT2D eigenvalue weighted by Gasteiger charge is -2.32. The van der Waals surface area contributed by atoms with E-state index in [0.29, 0.717) is 13.0 Å². The van der Waals surface area contributed by atoms with Gasteiger partial charge in [-0.25, -0.2) is 8.42 Å². The van der Waals surface area contributed by atoms with Crippen molar-refractivity contribution in [2.45, 2.75) is 37.8 Å². The SMILES string of the molecule is CCCNC(=O)C(C)N(Cc1ccc(Br)cc1)C(=O)CN(c1ccc([N+](=O)[O-])cc1)S(=O)(=O)c1ccccc1. The number of rotatable bonds is 12. The van der Waals surface area contributed by atoms with E-state index in [-0.39, 0.29) is 28.7 Å². The molecule has 39 heavy (non-hydrogen) atoms. The van der Waals surface area contributed by atoms with Gasteiger partial charge in [-0.05, 0) is 55.3 Å². The van der Waals surface area contributed by atoms with Crippen molar-refractivity contribution >= 4 is 49.1 Å². The number of benzene rings is 3. The molecule has 1 N–H and O–H groups in total.